The van der Waals surface area contributed by atoms with Gasteiger partial charge >= 0.3 is 5.97 Å². The summed E-state index contributed by atoms with van der Waals surface area (Å²) in [6.07, 6.45) is 1.38. The Balaban J connectivity index is 1.59. The number of hydrazone groups is 1. The highest BCUT2D eigenvalue weighted by Crippen LogP contribution is 2.30. The van der Waals surface area contributed by atoms with Crippen LogP contribution in [0.4, 0.5) is 5.69 Å². The number of benzene rings is 2. The molecule has 0 bridgehead atoms. The number of anilines is 1. The molecule has 0 saturated carbocycles. The lowest BCUT2D eigenvalue weighted by Crippen LogP contribution is -2.21. The summed E-state index contributed by atoms with van der Waals surface area (Å²) in [6, 6.07) is 15.4. The lowest BCUT2D eigenvalue weighted by atomic mass is 10.1. The van der Waals surface area contributed by atoms with Crippen molar-refractivity contribution in [3.63, 3.8) is 0 Å². The molecular formula is C25H20Cl2N2O4. The SMILES string of the molecule is CC1=NN(c2ccc(Cl)cc2)C(=O)/C1=C\c1ccc(-c2ccc(Cl)c(C(=O)OC(C)C)c2)o1. The molecule has 0 spiro atoms. The lowest BCUT2D eigenvalue weighted by molar-refractivity contribution is -0.114. The second-order valence-corrected chi connectivity index (χ2v) is 8.53. The molecule has 0 saturated heterocycles. The quantitative estimate of drug-likeness (QED) is 0.302. The number of nitrogens with zero attached hydrogens (tertiary/aromatic N) is 2. The van der Waals surface area contributed by atoms with Crippen molar-refractivity contribution in [1.29, 1.82) is 0 Å². The van der Waals surface area contributed by atoms with E-state index in [2.05, 4.69) is 5.10 Å². The van der Waals surface area contributed by atoms with Crippen LogP contribution in [0.1, 0.15) is 36.9 Å². The van der Waals surface area contributed by atoms with E-state index in [-0.39, 0.29) is 17.6 Å². The summed E-state index contributed by atoms with van der Waals surface area (Å²) in [5, 5.41) is 6.56. The zero-order valence-electron chi connectivity index (χ0n) is 18.1. The molecule has 33 heavy (non-hydrogen) atoms. The minimum Gasteiger partial charge on any atom is -0.459 e. The van der Waals surface area contributed by atoms with Gasteiger partial charge in [0, 0.05) is 10.6 Å². The second-order valence-electron chi connectivity index (χ2n) is 7.69. The standard InChI is InChI=1S/C25H20Cl2N2O4/c1-14(2)32-25(31)21-12-16(4-10-22(21)27)23-11-9-19(33-23)13-20-15(3)28-29(24(20)30)18-7-5-17(26)6-8-18/h4-14H,1-3H3/b20-13-. The Hall–Kier alpha value is -3.35. The Morgan fingerprint density at radius 2 is 1.82 bits per heavy atom. The summed E-state index contributed by atoms with van der Waals surface area (Å²) >= 11 is 12.1. The first kappa shape index (κ1) is 22.8. The highest BCUT2D eigenvalue weighted by atomic mass is 35.5. The third kappa shape index (κ3) is 4.87. The van der Waals surface area contributed by atoms with Gasteiger partial charge in [0.15, 0.2) is 0 Å². The first-order valence-electron chi connectivity index (χ1n) is 10.2. The van der Waals surface area contributed by atoms with Crippen molar-refractivity contribution >= 4 is 52.6 Å². The third-order valence-corrected chi connectivity index (χ3v) is 5.44. The summed E-state index contributed by atoms with van der Waals surface area (Å²) in [5.41, 5.74) is 2.52. The number of amides is 1. The van der Waals surface area contributed by atoms with Crippen molar-refractivity contribution in [1.82, 2.24) is 0 Å². The van der Waals surface area contributed by atoms with Crippen LogP contribution in [-0.4, -0.2) is 23.7 Å². The number of hydrogen-bond acceptors (Lipinski definition) is 5. The van der Waals surface area contributed by atoms with E-state index >= 15 is 0 Å². The van der Waals surface area contributed by atoms with Gasteiger partial charge < -0.3 is 9.15 Å². The van der Waals surface area contributed by atoms with Gasteiger partial charge in [0.2, 0.25) is 0 Å². The van der Waals surface area contributed by atoms with Crippen LogP contribution in [0.3, 0.4) is 0 Å². The van der Waals surface area contributed by atoms with Crippen molar-refractivity contribution in [3.8, 4) is 11.3 Å². The van der Waals surface area contributed by atoms with Gasteiger partial charge in [-0.05, 0) is 81.4 Å². The molecule has 3 aromatic rings. The Morgan fingerprint density at radius 3 is 2.52 bits per heavy atom. The molecule has 6 nitrogen and oxygen atoms in total. The first-order chi connectivity index (χ1) is 15.7. The Bertz CT molecular complexity index is 1290. The number of rotatable bonds is 5. The predicted molar refractivity (Wildman–Crippen MR) is 130 cm³/mol. The summed E-state index contributed by atoms with van der Waals surface area (Å²) in [5.74, 6) is 0.225. The molecule has 2 aromatic carbocycles. The predicted octanol–water partition coefficient (Wildman–Crippen LogP) is 6.62. The van der Waals surface area contributed by atoms with Crippen molar-refractivity contribution < 1.29 is 18.7 Å². The summed E-state index contributed by atoms with van der Waals surface area (Å²) < 4.78 is 11.2. The van der Waals surface area contributed by atoms with Crippen molar-refractivity contribution in [2.45, 2.75) is 26.9 Å². The maximum Gasteiger partial charge on any atom is 0.339 e. The molecule has 0 radical (unpaired) electrons. The van der Waals surface area contributed by atoms with Crippen LogP contribution in [0.25, 0.3) is 17.4 Å². The van der Waals surface area contributed by atoms with Crippen LogP contribution in [0.5, 0.6) is 0 Å². The van der Waals surface area contributed by atoms with Gasteiger partial charge in [-0.2, -0.15) is 10.1 Å². The van der Waals surface area contributed by atoms with E-state index in [0.717, 1.165) is 0 Å². The van der Waals surface area contributed by atoms with Gasteiger partial charge in [-0.15, -0.1) is 0 Å². The van der Waals surface area contributed by atoms with Crippen LogP contribution in [0, 0.1) is 0 Å². The van der Waals surface area contributed by atoms with Gasteiger partial charge in [-0.1, -0.05) is 23.2 Å². The van der Waals surface area contributed by atoms with E-state index in [1.807, 2.05) is 0 Å². The van der Waals surface area contributed by atoms with E-state index in [1.54, 1.807) is 81.4 Å². The number of carbonyl (C=O) groups is 2. The largest absolute Gasteiger partial charge is 0.459 e. The molecule has 1 aliphatic heterocycles. The molecule has 0 fully saturated rings. The number of halogens is 2. The van der Waals surface area contributed by atoms with Crippen LogP contribution in [0.15, 0.2) is 69.7 Å². The molecule has 4 rings (SSSR count). The van der Waals surface area contributed by atoms with Crippen molar-refractivity contribution in [2.75, 3.05) is 5.01 Å². The highest BCUT2D eigenvalue weighted by molar-refractivity contribution is 6.34. The maximum atomic E-state index is 12.9. The maximum absolute atomic E-state index is 12.9. The van der Waals surface area contributed by atoms with Gasteiger partial charge in [0.05, 0.1) is 33.7 Å². The van der Waals surface area contributed by atoms with E-state index < -0.39 is 5.97 Å². The van der Waals surface area contributed by atoms with Gasteiger partial charge in [-0.25, -0.2) is 4.79 Å². The number of hydrogen-bond donors (Lipinski definition) is 0. The molecular weight excluding hydrogens is 463 g/mol. The summed E-state index contributed by atoms with van der Waals surface area (Å²) in [4.78, 5) is 25.3. The zero-order valence-corrected chi connectivity index (χ0v) is 19.6. The molecule has 0 N–H and O–H groups in total. The monoisotopic (exact) mass is 482 g/mol. The van der Waals surface area contributed by atoms with E-state index in [1.165, 1.54) is 5.01 Å². The minimum absolute atomic E-state index is 0.256. The van der Waals surface area contributed by atoms with Crippen molar-refractivity contribution in [3.05, 3.63) is 81.5 Å². The van der Waals surface area contributed by atoms with Gasteiger partial charge in [0.1, 0.15) is 11.5 Å². The van der Waals surface area contributed by atoms with E-state index in [0.29, 0.717) is 44.1 Å². The molecule has 8 heteroatoms. The Labute approximate surface area is 201 Å². The topological polar surface area (TPSA) is 72.1 Å². The average Bonchev–Trinajstić information content (AvgIpc) is 3.34. The minimum atomic E-state index is -0.503. The summed E-state index contributed by atoms with van der Waals surface area (Å²) in [7, 11) is 0. The molecule has 0 atom stereocenters. The first-order valence-corrected chi connectivity index (χ1v) is 11.0. The van der Waals surface area contributed by atoms with Crippen LogP contribution in [-0.2, 0) is 9.53 Å². The fourth-order valence-corrected chi connectivity index (χ4v) is 3.60. The van der Waals surface area contributed by atoms with E-state index in [4.69, 9.17) is 32.4 Å². The Morgan fingerprint density at radius 1 is 1.09 bits per heavy atom. The van der Waals surface area contributed by atoms with Crippen LogP contribution >= 0.6 is 23.2 Å². The molecule has 1 aromatic heterocycles. The fourth-order valence-electron chi connectivity index (χ4n) is 3.28. The van der Waals surface area contributed by atoms with Crippen LogP contribution in [0.2, 0.25) is 10.0 Å². The number of esters is 1. The third-order valence-electron chi connectivity index (χ3n) is 4.86. The fraction of sp³-hybridized carbons (Fsp3) is 0.160. The average molecular weight is 483 g/mol. The normalized spacial score (nSPS) is 14.8. The number of carbonyl (C=O) groups excluding carboxylic acids is 2. The van der Waals surface area contributed by atoms with E-state index in [9.17, 15) is 9.59 Å². The highest BCUT2D eigenvalue weighted by Gasteiger charge is 2.29. The second kappa shape index (κ2) is 9.25. The summed E-state index contributed by atoms with van der Waals surface area (Å²) in [6.45, 7) is 5.30. The van der Waals surface area contributed by atoms with Crippen LogP contribution < -0.4 is 5.01 Å². The zero-order chi connectivity index (χ0) is 23.7. The van der Waals surface area contributed by atoms with Gasteiger partial charge in [0.25, 0.3) is 5.91 Å². The lowest BCUT2D eigenvalue weighted by Gasteiger charge is -2.11. The Kier molecular flexibility index (Phi) is 6.40. The van der Waals surface area contributed by atoms with Crippen molar-refractivity contribution in [2.24, 2.45) is 5.10 Å². The molecule has 1 amide bonds. The number of furan rings is 1. The molecule has 168 valence electrons. The molecule has 2 heterocycles. The van der Waals surface area contributed by atoms with Gasteiger partial charge in [-0.3, -0.25) is 4.79 Å². The molecule has 0 aliphatic carbocycles. The molecule has 0 unspecified atom stereocenters. The molecule has 1 aliphatic rings. The smallest absolute Gasteiger partial charge is 0.339 e. The number of ether oxygens (including phenoxy) is 1.